The van der Waals surface area contributed by atoms with Crippen molar-refractivity contribution in [1.29, 1.82) is 0 Å². The molecular weight excluding hydrogens is 328 g/mol. The van der Waals surface area contributed by atoms with Crippen LogP contribution in [0.25, 0.3) is 0 Å². The fraction of sp³-hybridized carbons (Fsp3) is 0.950. The Labute approximate surface area is 155 Å². The molecule has 2 heterocycles. The summed E-state index contributed by atoms with van der Waals surface area (Å²) in [5.74, 6) is 0.448. The largest absolute Gasteiger partial charge is 0.414 e. The summed E-state index contributed by atoms with van der Waals surface area (Å²) in [6.07, 6.45) is 8.33. The summed E-state index contributed by atoms with van der Waals surface area (Å²) >= 11 is 0. The lowest BCUT2D eigenvalue weighted by atomic mass is 9.79. The molecule has 0 aromatic rings. The first-order chi connectivity index (χ1) is 12.1. The molecule has 2 saturated heterocycles. The molecule has 0 unspecified atom stereocenters. The minimum atomic E-state index is -1.49. The second kappa shape index (κ2) is 8.09. The van der Waals surface area contributed by atoms with E-state index in [-0.39, 0.29) is 5.41 Å². The van der Waals surface area contributed by atoms with E-state index in [1.54, 1.807) is 0 Å². The van der Waals surface area contributed by atoms with Crippen LogP contribution < -0.4 is 5.32 Å². The van der Waals surface area contributed by atoms with Gasteiger partial charge in [-0.3, -0.25) is 4.79 Å². The van der Waals surface area contributed by atoms with Crippen LogP contribution >= 0.6 is 0 Å². The Hall–Kier alpha value is -0.393. The summed E-state index contributed by atoms with van der Waals surface area (Å²) in [4.78, 5) is 15.3. The number of amides is 1. The van der Waals surface area contributed by atoms with Crippen LogP contribution in [0.15, 0.2) is 0 Å². The normalized spacial score (nSPS) is 34.0. The zero-order valence-electron chi connectivity index (χ0n) is 16.6. The van der Waals surface area contributed by atoms with Gasteiger partial charge in [0.15, 0.2) is 8.32 Å². The van der Waals surface area contributed by atoms with E-state index in [1.165, 1.54) is 18.1 Å². The third-order valence-corrected chi connectivity index (χ3v) is 12.2. The number of rotatable bonds is 6. The van der Waals surface area contributed by atoms with E-state index in [9.17, 15) is 4.79 Å². The molecule has 1 spiro atoms. The maximum absolute atomic E-state index is 13.1. The molecule has 1 saturated carbocycles. The minimum Gasteiger partial charge on any atom is -0.414 e. The Bertz CT molecular complexity index is 444. The number of likely N-dealkylation sites (tertiary alicyclic amines) is 1. The molecular formula is C20H38N2O2Si. The smallest absolute Gasteiger partial charge is 0.230 e. The van der Waals surface area contributed by atoms with Crippen LogP contribution in [0.5, 0.6) is 0 Å². The van der Waals surface area contributed by atoms with Crippen LogP contribution in [0, 0.1) is 5.41 Å². The van der Waals surface area contributed by atoms with E-state index in [0.29, 0.717) is 18.1 Å². The Morgan fingerprint density at radius 2 is 1.80 bits per heavy atom. The summed E-state index contributed by atoms with van der Waals surface area (Å²) < 4.78 is 6.70. The first-order valence-corrected chi connectivity index (χ1v) is 13.3. The number of hydrogen-bond acceptors (Lipinski definition) is 3. The summed E-state index contributed by atoms with van der Waals surface area (Å²) in [6, 6.07) is 4.18. The molecule has 25 heavy (non-hydrogen) atoms. The van der Waals surface area contributed by atoms with Gasteiger partial charge in [-0.05, 0) is 69.6 Å². The SMILES string of the molecule is CC[Si](CC)(CC)OC1CCC(N2CC[C@@]3(CCCNC3)C2=O)CC1. The fourth-order valence-corrected chi connectivity index (χ4v) is 8.33. The van der Waals surface area contributed by atoms with Gasteiger partial charge in [-0.2, -0.15) is 0 Å². The average molecular weight is 367 g/mol. The highest BCUT2D eigenvalue weighted by Crippen LogP contribution is 2.41. The second-order valence-electron chi connectivity index (χ2n) is 8.60. The summed E-state index contributed by atoms with van der Waals surface area (Å²) in [6.45, 7) is 9.89. The van der Waals surface area contributed by atoms with Crippen molar-refractivity contribution in [1.82, 2.24) is 10.2 Å². The third-order valence-electron chi connectivity index (χ3n) is 7.45. The molecule has 1 aliphatic carbocycles. The lowest BCUT2D eigenvalue weighted by Gasteiger charge is -2.40. The number of carbonyl (C=O) groups is 1. The molecule has 1 atom stereocenters. The molecule has 4 nitrogen and oxygen atoms in total. The Balaban J connectivity index is 1.53. The monoisotopic (exact) mass is 366 g/mol. The lowest BCUT2D eigenvalue weighted by molar-refractivity contribution is -0.139. The van der Waals surface area contributed by atoms with Crippen molar-refractivity contribution in [2.75, 3.05) is 19.6 Å². The predicted molar refractivity (Wildman–Crippen MR) is 105 cm³/mol. The molecule has 0 aromatic carbocycles. The van der Waals surface area contributed by atoms with Gasteiger partial charge in [-0.15, -0.1) is 0 Å². The first kappa shape index (κ1) is 19.4. The number of nitrogens with one attached hydrogen (secondary N) is 1. The molecule has 3 rings (SSSR count). The van der Waals surface area contributed by atoms with Gasteiger partial charge in [0.05, 0.1) is 5.41 Å². The van der Waals surface area contributed by atoms with Crippen molar-refractivity contribution >= 4 is 14.2 Å². The van der Waals surface area contributed by atoms with Crippen molar-refractivity contribution in [3.05, 3.63) is 0 Å². The third kappa shape index (κ3) is 3.84. The van der Waals surface area contributed by atoms with Crippen molar-refractivity contribution < 1.29 is 9.22 Å². The van der Waals surface area contributed by atoms with Crippen LogP contribution in [0.1, 0.15) is 65.7 Å². The number of carbonyl (C=O) groups excluding carboxylic acids is 1. The molecule has 144 valence electrons. The maximum atomic E-state index is 13.1. The van der Waals surface area contributed by atoms with E-state index < -0.39 is 8.32 Å². The molecule has 5 heteroatoms. The zero-order chi connectivity index (χ0) is 17.9. The molecule has 2 aliphatic heterocycles. The van der Waals surface area contributed by atoms with Gasteiger partial charge in [0.1, 0.15) is 0 Å². The maximum Gasteiger partial charge on any atom is 0.230 e. The summed E-state index contributed by atoms with van der Waals surface area (Å²) in [5, 5.41) is 3.46. The molecule has 3 fully saturated rings. The topological polar surface area (TPSA) is 41.6 Å². The standard InChI is InChI=1S/C20H38N2O2Si/c1-4-25(5-2,6-3)24-18-10-8-17(9-11-18)22-15-13-20(19(22)23)12-7-14-21-16-20/h17-18,21H,4-16H2,1-3H3/t17?,18?,20-/m1/s1. The second-order valence-corrected chi connectivity index (χ2v) is 13.3. The minimum absolute atomic E-state index is 0.0691. The number of piperidine rings is 1. The van der Waals surface area contributed by atoms with Gasteiger partial charge < -0.3 is 14.6 Å². The summed E-state index contributed by atoms with van der Waals surface area (Å²) in [7, 11) is -1.49. The molecule has 0 radical (unpaired) electrons. The molecule has 3 aliphatic rings. The van der Waals surface area contributed by atoms with Gasteiger partial charge in [0.2, 0.25) is 5.91 Å². The number of nitrogens with zero attached hydrogens (tertiary/aromatic N) is 1. The van der Waals surface area contributed by atoms with Crippen LogP contribution in [0.3, 0.4) is 0 Å². The van der Waals surface area contributed by atoms with Gasteiger partial charge in [0, 0.05) is 25.2 Å². The highest BCUT2D eigenvalue weighted by Gasteiger charge is 2.49. The Morgan fingerprint density at radius 1 is 1.12 bits per heavy atom. The molecule has 1 amide bonds. The van der Waals surface area contributed by atoms with Crippen LogP contribution in [0.2, 0.25) is 18.1 Å². The first-order valence-electron chi connectivity index (χ1n) is 10.8. The highest BCUT2D eigenvalue weighted by molar-refractivity contribution is 6.73. The van der Waals surface area contributed by atoms with Crippen molar-refractivity contribution in [2.45, 2.75) is 96.0 Å². The number of hydrogen-bond donors (Lipinski definition) is 1. The quantitative estimate of drug-likeness (QED) is 0.724. The van der Waals surface area contributed by atoms with Crippen LogP contribution in [-0.4, -0.2) is 50.9 Å². The Morgan fingerprint density at radius 3 is 2.36 bits per heavy atom. The molecule has 0 bridgehead atoms. The highest BCUT2D eigenvalue weighted by atomic mass is 28.4. The van der Waals surface area contributed by atoms with Crippen molar-refractivity contribution in [3.8, 4) is 0 Å². The lowest BCUT2D eigenvalue weighted by Crippen LogP contribution is -2.49. The van der Waals surface area contributed by atoms with Gasteiger partial charge in [0.25, 0.3) is 0 Å². The van der Waals surface area contributed by atoms with Gasteiger partial charge in [-0.25, -0.2) is 0 Å². The van der Waals surface area contributed by atoms with Gasteiger partial charge in [-0.1, -0.05) is 20.8 Å². The Kier molecular flexibility index (Phi) is 6.27. The van der Waals surface area contributed by atoms with Crippen LogP contribution in [-0.2, 0) is 9.22 Å². The molecule has 0 aromatic heterocycles. The van der Waals surface area contributed by atoms with E-state index in [1.807, 2.05) is 0 Å². The van der Waals surface area contributed by atoms with Crippen LogP contribution in [0.4, 0.5) is 0 Å². The van der Waals surface area contributed by atoms with Gasteiger partial charge >= 0.3 is 0 Å². The zero-order valence-corrected chi connectivity index (χ0v) is 17.6. The predicted octanol–water partition coefficient (Wildman–Crippen LogP) is 3.92. The van der Waals surface area contributed by atoms with Crippen molar-refractivity contribution in [3.63, 3.8) is 0 Å². The van der Waals surface area contributed by atoms with E-state index in [2.05, 4.69) is 31.0 Å². The van der Waals surface area contributed by atoms with E-state index in [4.69, 9.17) is 4.43 Å². The fourth-order valence-electron chi connectivity index (χ4n) is 5.39. The molecule has 1 N–H and O–H groups in total. The van der Waals surface area contributed by atoms with Crippen molar-refractivity contribution in [2.24, 2.45) is 5.41 Å². The van der Waals surface area contributed by atoms with E-state index in [0.717, 1.165) is 64.6 Å². The average Bonchev–Trinajstić information content (AvgIpc) is 2.97. The van der Waals surface area contributed by atoms with E-state index >= 15 is 0 Å². The summed E-state index contributed by atoms with van der Waals surface area (Å²) in [5.41, 5.74) is -0.0691.